The Morgan fingerprint density at radius 3 is 2.85 bits per heavy atom. The molecule has 2 aliphatic rings. The van der Waals surface area contributed by atoms with Crippen LogP contribution in [-0.4, -0.2) is 41.7 Å². The number of benzene rings is 2. The van der Waals surface area contributed by atoms with Crippen molar-refractivity contribution >= 4 is 29.3 Å². The Morgan fingerprint density at radius 1 is 1.23 bits per heavy atom. The Morgan fingerprint density at radius 2 is 2.04 bits per heavy atom. The van der Waals surface area contributed by atoms with Crippen molar-refractivity contribution in [3.05, 3.63) is 59.7 Å². The number of hydrogen-bond acceptors (Lipinski definition) is 4. The summed E-state index contributed by atoms with van der Waals surface area (Å²) >= 11 is 1.52. The highest BCUT2D eigenvalue weighted by atomic mass is 32.2. The molecule has 6 heteroatoms. The van der Waals surface area contributed by atoms with Crippen molar-refractivity contribution < 1.29 is 14.3 Å². The second-order valence-corrected chi connectivity index (χ2v) is 7.86. The summed E-state index contributed by atoms with van der Waals surface area (Å²) in [4.78, 5) is 27.7. The lowest BCUT2D eigenvalue weighted by molar-refractivity contribution is -0.115. The summed E-state index contributed by atoms with van der Waals surface area (Å²) in [6.07, 6.45) is -0.109. The Kier molecular flexibility index (Phi) is 4.70. The number of fused-ring (bicyclic) bond motifs is 1. The van der Waals surface area contributed by atoms with Crippen LogP contribution >= 0.6 is 11.8 Å². The first-order chi connectivity index (χ1) is 12.6. The van der Waals surface area contributed by atoms with Crippen LogP contribution in [0, 0.1) is 0 Å². The van der Waals surface area contributed by atoms with E-state index in [1.165, 1.54) is 11.8 Å². The van der Waals surface area contributed by atoms with Crippen molar-refractivity contribution in [2.24, 2.45) is 0 Å². The molecule has 0 spiro atoms. The number of rotatable bonds is 2. The van der Waals surface area contributed by atoms with Gasteiger partial charge < -0.3 is 15.0 Å². The molecule has 2 aromatic carbocycles. The van der Waals surface area contributed by atoms with Gasteiger partial charge in [-0.2, -0.15) is 0 Å². The van der Waals surface area contributed by atoms with Gasteiger partial charge in [0.25, 0.3) is 5.91 Å². The van der Waals surface area contributed by atoms with E-state index in [9.17, 15) is 9.59 Å². The second kappa shape index (κ2) is 7.13. The summed E-state index contributed by atoms with van der Waals surface area (Å²) in [7, 11) is 0. The Balaban J connectivity index is 1.52. The molecule has 1 saturated heterocycles. The van der Waals surface area contributed by atoms with E-state index in [-0.39, 0.29) is 23.2 Å². The average molecular weight is 368 g/mol. The Bertz CT molecular complexity index is 840. The number of nitrogens with zero attached hydrogens (tertiary/aromatic N) is 1. The third kappa shape index (κ3) is 3.34. The molecule has 0 bridgehead atoms. The highest BCUT2D eigenvalue weighted by Crippen LogP contribution is 2.36. The maximum Gasteiger partial charge on any atom is 0.254 e. The minimum absolute atomic E-state index is 0.0254. The van der Waals surface area contributed by atoms with Crippen LogP contribution in [0.1, 0.15) is 28.9 Å². The zero-order valence-electron chi connectivity index (χ0n) is 14.5. The minimum Gasteiger partial charge on any atom is -0.370 e. The maximum absolute atomic E-state index is 13.0. The molecule has 2 aromatic rings. The molecule has 4 rings (SSSR count). The van der Waals surface area contributed by atoms with Gasteiger partial charge in [0.15, 0.2) is 0 Å². The zero-order valence-corrected chi connectivity index (χ0v) is 15.3. The summed E-state index contributed by atoms with van der Waals surface area (Å²) in [6, 6.07) is 15.5. The van der Waals surface area contributed by atoms with Gasteiger partial charge in [0.1, 0.15) is 6.10 Å². The van der Waals surface area contributed by atoms with Crippen LogP contribution in [0.2, 0.25) is 0 Å². The maximum atomic E-state index is 13.0. The molecule has 2 heterocycles. The molecule has 0 unspecified atom stereocenters. The molecule has 0 aliphatic carbocycles. The molecule has 0 radical (unpaired) electrons. The zero-order chi connectivity index (χ0) is 18.1. The molecule has 0 saturated carbocycles. The average Bonchev–Trinajstić information content (AvgIpc) is 2.69. The van der Waals surface area contributed by atoms with Gasteiger partial charge in [0.05, 0.1) is 24.1 Å². The molecular weight excluding hydrogens is 348 g/mol. The Labute approximate surface area is 156 Å². The fourth-order valence-corrected chi connectivity index (χ4v) is 4.16. The van der Waals surface area contributed by atoms with Gasteiger partial charge >= 0.3 is 0 Å². The largest absolute Gasteiger partial charge is 0.370 e. The lowest BCUT2D eigenvalue weighted by Crippen LogP contribution is -2.42. The van der Waals surface area contributed by atoms with Gasteiger partial charge in [-0.25, -0.2) is 0 Å². The van der Waals surface area contributed by atoms with E-state index < -0.39 is 0 Å². The molecule has 2 aliphatic heterocycles. The Hall–Kier alpha value is -2.31. The molecular formula is C20H20N2O3S. The van der Waals surface area contributed by atoms with Gasteiger partial charge in [-0.05, 0) is 30.7 Å². The third-order valence-electron chi connectivity index (χ3n) is 4.68. The first-order valence-electron chi connectivity index (χ1n) is 8.69. The number of thioether (sulfide) groups is 1. The molecule has 5 nitrogen and oxygen atoms in total. The van der Waals surface area contributed by atoms with Gasteiger partial charge in [-0.1, -0.05) is 30.3 Å². The number of nitrogens with one attached hydrogen (secondary N) is 1. The standard InChI is InChI=1S/C20H20N2O3S/c1-13-19(23)21-16-11-15(7-8-18(16)26-13)20(24)22-9-10-25-17(12-22)14-5-3-2-4-6-14/h2-8,11,13,17H,9-10,12H2,1H3,(H,21,23)/t13-,17+/m0/s1. The number of anilines is 1. The van der Waals surface area contributed by atoms with Crippen molar-refractivity contribution in [1.82, 2.24) is 4.90 Å². The number of carbonyl (C=O) groups is 2. The molecule has 2 atom stereocenters. The monoisotopic (exact) mass is 368 g/mol. The predicted molar refractivity (Wildman–Crippen MR) is 101 cm³/mol. The predicted octanol–water partition coefficient (Wildman–Crippen LogP) is 3.33. The highest BCUT2D eigenvalue weighted by Gasteiger charge is 2.28. The summed E-state index contributed by atoms with van der Waals surface area (Å²) in [5.74, 6) is -0.0579. The van der Waals surface area contributed by atoms with Gasteiger partial charge in [-0.15, -0.1) is 11.8 Å². The fraction of sp³-hybridized carbons (Fsp3) is 0.300. The van der Waals surface area contributed by atoms with E-state index in [4.69, 9.17) is 4.74 Å². The highest BCUT2D eigenvalue weighted by molar-refractivity contribution is 8.00. The topological polar surface area (TPSA) is 58.6 Å². The van der Waals surface area contributed by atoms with E-state index >= 15 is 0 Å². The number of morpholine rings is 1. The number of hydrogen-bond donors (Lipinski definition) is 1. The first kappa shape index (κ1) is 17.1. The van der Waals surface area contributed by atoms with Crippen LogP contribution < -0.4 is 5.32 Å². The van der Waals surface area contributed by atoms with Crippen LogP contribution in [0.15, 0.2) is 53.4 Å². The summed E-state index contributed by atoms with van der Waals surface area (Å²) in [5, 5.41) is 2.77. The lowest BCUT2D eigenvalue weighted by atomic mass is 10.1. The SMILES string of the molecule is C[C@@H]1Sc2ccc(C(=O)N3CCO[C@@H](c4ccccc4)C3)cc2NC1=O. The van der Waals surface area contributed by atoms with E-state index in [0.717, 1.165) is 16.1 Å². The van der Waals surface area contributed by atoms with Crippen molar-refractivity contribution in [3.8, 4) is 0 Å². The molecule has 26 heavy (non-hydrogen) atoms. The fourth-order valence-electron chi connectivity index (χ4n) is 3.23. The number of amides is 2. The molecule has 1 fully saturated rings. The molecule has 0 aromatic heterocycles. The van der Waals surface area contributed by atoms with E-state index in [1.54, 1.807) is 6.07 Å². The van der Waals surface area contributed by atoms with Gasteiger partial charge in [-0.3, -0.25) is 9.59 Å². The second-order valence-electron chi connectivity index (χ2n) is 6.48. The van der Waals surface area contributed by atoms with Crippen LogP contribution in [0.3, 0.4) is 0 Å². The van der Waals surface area contributed by atoms with Crippen LogP contribution in [0.4, 0.5) is 5.69 Å². The van der Waals surface area contributed by atoms with E-state index in [2.05, 4.69) is 5.32 Å². The normalized spacial score (nSPS) is 22.5. The number of carbonyl (C=O) groups excluding carboxylic acids is 2. The van der Waals surface area contributed by atoms with Crippen LogP contribution in [-0.2, 0) is 9.53 Å². The summed E-state index contributed by atoms with van der Waals surface area (Å²) < 4.78 is 5.84. The van der Waals surface area contributed by atoms with Crippen molar-refractivity contribution in [2.45, 2.75) is 23.2 Å². The minimum atomic E-state index is -0.116. The quantitative estimate of drug-likeness (QED) is 0.883. The van der Waals surface area contributed by atoms with Crippen molar-refractivity contribution in [2.75, 3.05) is 25.0 Å². The molecule has 134 valence electrons. The summed E-state index contributed by atoms with van der Waals surface area (Å²) in [5.41, 5.74) is 2.39. The van der Waals surface area contributed by atoms with Crippen LogP contribution in [0.25, 0.3) is 0 Å². The lowest BCUT2D eigenvalue weighted by Gasteiger charge is -2.33. The first-order valence-corrected chi connectivity index (χ1v) is 9.57. The van der Waals surface area contributed by atoms with Gasteiger partial charge in [0.2, 0.25) is 5.91 Å². The molecule has 2 amide bonds. The summed E-state index contributed by atoms with van der Waals surface area (Å²) in [6.45, 7) is 3.48. The molecule has 1 N–H and O–H groups in total. The van der Waals surface area contributed by atoms with E-state index in [1.807, 2.05) is 54.3 Å². The number of ether oxygens (including phenoxy) is 1. The van der Waals surface area contributed by atoms with Crippen molar-refractivity contribution in [1.29, 1.82) is 0 Å². The van der Waals surface area contributed by atoms with Crippen LogP contribution in [0.5, 0.6) is 0 Å². The van der Waals surface area contributed by atoms with Crippen molar-refractivity contribution in [3.63, 3.8) is 0 Å². The third-order valence-corrected chi connectivity index (χ3v) is 5.86. The van der Waals surface area contributed by atoms with Gasteiger partial charge in [0, 0.05) is 17.0 Å². The smallest absolute Gasteiger partial charge is 0.254 e. The van der Waals surface area contributed by atoms with E-state index in [0.29, 0.717) is 25.3 Å².